The van der Waals surface area contributed by atoms with Gasteiger partial charge in [-0.2, -0.15) is 0 Å². The average molecular weight is 353 g/mol. The van der Waals surface area contributed by atoms with Crippen molar-refractivity contribution in [2.45, 2.75) is 38.1 Å². The number of halogens is 2. The highest BCUT2D eigenvalue weighted by Crippen LogP contribution is 2.64. The van der Waals surface area contributed by atoms with Crippen LogP contribution >= 0.6 is 23.2 Å². The van der Waals surface area contributed by atoms with Crippen molar-refractivity contribution >= 4 is 34.8 Å². The third kappa shape index (κ3) is 2.74. The predicted molar refractivity (Wildman–Crippen MR) is 90.8 cm³/mol. The topological polar surface area (TPSA) is 46.3 Å². The molecule has 1 heterocycles. The molecule has 1 aliphatic carbocycles. The molecule has 0 bridgehead atoms. The van der Waals surface area contributed by atoms with Crippen LogP contribution < -0.4 is 4.90 Å². The number of nitrogens with zero attached hydrogens (tertiary/aromatic N) is 2. The number of anilines is 1. The summed E-state index contributed by atoms with van der Waals surface area (Å²) in [5.74, 6) is 0.619. The molecule has 122 valence electrons. The maximum atomic E-state index is 13.1. The number of rotatable bonds is 4. The van der Waals surface area contributed by atoms with Gasteiger partial charge in [-0.3, -0.25) is 4.79 Å². The first-order valence-electron chi connectivity index (χ1n) is 7.43. The number of aryl methyl sites for hydroxylation is 2. The molecular formula is C17H18Cl2N2O2. The Kier molecular flexibility index (Phi) is 3.93. The van der Waals surface area contributed by atoms with E-state index in [4.69, 9.17) is 27.7 Å². The van der Waals surface area contributed by atoms with Crippen molar-refractivity contribution in [2.75, 3.05) is 4.90 Å². The fourth-order valence-corrected chi connectivity index (χ4v) is 3.40. The number of aromatic nitrogens is 1. The van der Waals surface area contributed by atoms with Gasteiger partial charge in [0, 0.05) is 11.3 Å². The minimum absolute atomic E-state index is 0.0892. The SMILES string of the molecule is Cc1noc(C)c1CN(C(=O)[C@@]1(C)CC1(Cl)Cl)c1ccccc1. The normalized spacial score (nSPS) is 22.0. The predicted octanol–water partition coefficient (Wildman–Crippen LogP) is 4.41. The van der Waals surface area contributed by atoms with Gasteiger partial charge < -0.3 is 9.42 Å². The van der Waals surface area contributed by atoms with Gasteiger partial charge in [-0.25, -0.2) is 0 Å². The molecule has 0 unspecified atom stereocenters. The van der Waals surface area contributed by atoms with Gasteiger partial charge in [0.05, 0.1) is 17.7 Å². The number of para-hydroxylation sites is 1. The van der Waals surface area contributed by atoms with E-state index in [1.807, 2.05) is 44.2 Å². The largest absolute Gasteiger partial charge is 0.361 e. The lowest BCUT2D eigenvalue weighted by Crippen LogP contribution is -2.38. The molecule has 2 aromatic rings. The number of carbonyl (C=O) groups is 1. The summed E-state index contributed by atoms with van der Waals surface area (Å²) < 4.78 is 4.21. The van der Waals surface area contributed by atoms with Gasteiger partial charge in [0.15, 0.2) is 0 Å². The summed E-state index contributed by atoms with van der Waals surface area (Å²) in [6, 6.07) is 9.49. The van der Waals surface area contributed by atoms with Crippen LogP contribution in [0.5, 0.6) is 0 Å². The van der Waals surface area contributed by atoms with E-state index < -0.39 is 9.75 Å². The molecule has 4 nitrogen and oxygen atoms in total. The minimum atomic E-state index is -1.00. The average Bonchev–Trinajstić information content (AvgIpc) is 2.89. The molecule has 23 heavy (non-hydrogen) atoms. The zero-order valence-electron chi connectivity index (χ0n) is 13.3. The molecular weight excluding hydrogens is 335 g/mol. The second-order valence-electron chi connectivity index (χ2n) is 6.24. The summed E-state index contributed by atoms with van der Waals surface area (Å²) in [6.07, 6.45) is 0.451. The first-order chi connectivity index (χ1) is 10.8. The second-order valence-corrected chi connectivity index (χ2v) is 7.73. The Morgan fingerprint density at radius 3 is 2.39 bits per heavy atom. The van der Waals surface area contributed by atoms with Crippen molar-refractivity contribution in [1.29, 1.82) is 0 Å². The van der Waals surface area contributed by atoms with Crippen LogP contribution in [0.1, 0.15) is 30.4 Å². The van der Waals surface area contributed by atoms with Crippen LogP contribution in [0.4, 0.5) is 5.69 Å². The summed E-state index contributed by atoms with van der Waals surface area (Å²) in [6.45, 7) is 5.89. The maximum absolute atomic E-state index is 13.1. The van der Waals surface area contributed by atoms with Gasteiger partial charge in [-0.1, -0.05) is 23.4 Å². The van der Waals surface area contributed by atoms with Gasteiger partial charge in [0.2, 0.25) is 5.91 Å². The molecule has 0 radical (unpaired) electrons. The van der Waals surface area contributed by atoms with Crippen molar-refractivity contribution < 1.29 is 9.32 Å². The Bertz CT molecular complexity index is 723. The highest BCUT2D eigenvalue weighted by atomic mass is 35.5. The lowest BCUT2D eigenvalue weighted by Gasteiger charge is -2.26. The second kappa shape index (κ2) is 5.53. The third-order valence-electron chi connectivity index (χ3n) is 4.54. The van der Waals surface area contributed by atoms with Gasteiger partial charge in [0.25, 0.3) is 0 Å². The van der Waals surface area contributed by atoms with E-state index in [-0.39, 0.29) is 5.91 Å². The standard InChI is InChI=1S/C17H18Cl2N2O2/c1-11-14(12(2)23-20-11)9-21(13-7-5-4-6-8-13)15(22)16(3)10-17(16,18)19/h4-8H,9-10H2,1-3H3/t16-/m1/s1. The lowest BCUT2D eigenvalue weighted by atomic mass is 10.1. The third-order valence-corrected chi connectivity index (χ3v) is 5.64. The van der Waals surface area contributed by atoms with Gasteiger partial charge >= 0.3 is 0 Å². The molecule has 1 aliphatic rings. The monoisotopic (exact) mass is 352 g/mol. The Morgan fingerprint density at radius 2 is 1.91 bits per heavy atom. The molecule has 0 spiro atoms. The summed E-state index contributed by atoms with van der Waals surface area (Å²) in [4.78, 5) is 14.8. The van der Waals surface area contributed by atoms with Gasteiger partial charge in [-0.05, 0) is 39.3 Å². The maximum Gasteiger partial charge on any atom is 0.236 e. The zero-order chi connectivity index (χ0) is 16.8. The Morgan fingerprint density at radius 1 is 1.30 bits per heavy atom. The van der Waals surface area contributed by atoms with E-state index >= 15 is 0 Å². The Balaban J connectivity index is 1.97. The Hall–Kier alpha value is -1.52. The molecule has 1 amide bonds. The van der Waals surface area contributed by atoms with Crippen molar-refractivity contribution in [2.24, 2.45) is 5.41 Å². The van der Waals surface area contributed by atoms with Crippen LogP contribution in [0.25, 0.3) is 0 Å². The molecule has 6 heteroatoms. The number of benzene rings is 1. The number of hydrogen-bond donors (Lipinski definition) is 0. The van der Waals surface area contributed by atoms with Crippen molar-refractivity contribution in [3.05, 3.63) is 47.3 Å². The van der Waals surface area contributed by atoms with E-state index in [1.165, 1.54) is 0 Å². The van der Waals surface area contributed by atoms with Gasteiger partial charge in [0.1, 0.15) is 10.1 Å². The number of alkyl halides is 2. The van der Waals surface area contributed by atoms with Crippen molar-refractivity contribution in [3.63, 3.8) is 0 Å². The van der Waals surface area contributed by atoms with E-state index in [1.54, 1.807) is 11.8 Å². The van der Waals surface area contributed by atoms with Crippen LogP contribution in [0, 0.1) is 19.3 Å². The quantitative estimate of drug-likeness (QED) is 0.765. The fourth-order valence-electron chi connectivity index (χ4n) is 2.70. The molecule has 3 rings (SSSR count). The highest BCUT2D eigenvalue weighted by molar-refractivity contribution is 6.53. The summed E-state index contributed by atoms with van der Waals surface area (Å²) in [7, 11) is 0. The van der Waals surface area contributed by atoms with Crippen LogP contribution in [0.3, 0.4) is 0 Å². The summed E-state index contributed by atoms with van der Waals surface area (Å²) in [5.41, 5.74) is 1.71. The van der Waals surface area contributed by atoms with Crippen molar-refractivity contribution in [3.8, 4) is 0 Å². The molecule has 0 saturated heterocycles. The minimum Gasteiger partial charge on any atom is -0.361 e. The Labute approximate surface area is 145 Å². The van der Waals surface area contributed by atoms with E-state index in [0.717, 1.165) is 16.9 Å². The fraction of sp³-hybridized carbons (Fsp3) is 0.412. The highest BCUT2D eigenvalue weighted by Gasteiger charge is 2.68. The van der Waals surface area contributed by atoms with Crippen LogP contribution in [0.15, 0.2) is 34.9 Å². The lowest BCUT2D eigenvalue weighted by molar-refractivity contribution is -0.123. The zero-order valence-corrected chi connectivity index (χ0v) is 14.8. The number of hydrogen-bond acceptors (Lipinski definition) is 3. The van der Waals surface area contributed by atoms with E-state index in [9.17, 15) is 4.79 Å². The van der Waals surface area contributed by atoms with Crippen molar-refractivity contribution in [1.82, 2.24) is 5.16 Å². The van der Waals surface area contributed by atoms with Crippen LogP contribution in [-0.4, -0.2) is 15.4 Å². The molecule has 1 aromatic carbocycles. The molecule has 1 saturated carbocycles. The number of amides is 1. The summed E-state index contributed by atoms with van der Waals surface area (Å²) >= 11 is 12.4. The first-order valence-corrected chi connectivity index (χ1v) is 8.18. The van der Waals surface area contributed by atoms with E-state index in [2.05, 4.69) is 5.16 Å². The smallest absolute Gasteiger partial charge is 0.236 e. The molecule has 1 fully saturated rings. The van der Waals surface area contributed by atoms with Gasteiger partial charge in [-0.15, -0.1) is 23.2 Å². The molecule has 1 atom stereocenters. The molecule has 1 aromatic heterocycles. The van der Waals surface area contributed by atoms with Crippen LogP contribution in [-0.2, 0) is 11.3 Å². The van der Waals surface area contributed by atoms with Crippen LogP contribution in [0.2, 0.25) is 0 Å². The first kappa shape index (κ1) is 16.3. The summed E-state index contributed by atoms with van der Waals surface area (Å²) in [5, 5.41) is 3.96. The molecule has 0 aliphatic heterocycles. The number of carbonyl (C=O) groups excluding carboxylic acids is 1. The molecule has 0 N–H and O–H groups in total. The van der Waals surface area contributed by atoms with E-state index in [0.29, 0.717) is 18.7 Å².